The smallest absolute Gasteiger partial charge is 0.247 e. The van der Waals surface area contributed by atoms with Gasteiger partial charge in [0.2, 0.25) is 11.8 Å². The molecule has 0 aliphatic carbocycles. The van der Waals surface area contributed by atoms with E-state index in [-0.39, 0.29) is 18.4 Å². The highest BCUT2D eigenvalue weighted by Gasteiger charge is 2.21. The highest BCUT2D eigenvalue weighted by molar-refractivity contribution is 5.94. The molecule has 6 heteroatoms. The Kier molecular flexibility index (Phi) is 8.83. The van der Waals surface area contributed by atoms with E-state index >= 15 is 0 Å². The maximum atomic E-state index is 13.3. The number of nitrogens with zero attached hydrogens (tertiary/aromatic N) is 2. The summed E-state index contributed by atoms with van der Waals surface area (Å²) in [6.07, 6.45) is 4.83. The second kappa shape index (κ2) is 12.3. The van der Waals surface area contributed by atoms with Gasteiger partial charge in [-0.25, -0.2) is 0 Å². The van der Waals surface area contributed by atoms with Crippen molar-refractivity contribution in [1.29, 1.82) is 0 Å². The van der Waals surface area contributed by atoms with Crippen molar-refractivity contribution < 1.29 is 18.7 Å². The van der Waals surface area contributed by atoms with Gasteiger partial charge in [0, 0.05) is 26.3 Å². The first-order chi connectivity index (χ1) is 15.7. The third kappa shape index (κ3) is 7.25. The van der Waals surface area contributed by atoms with E-state index in [1.54, 1.807) is 30.4 Å². The largest absolute Gasteiger partial charge is 0.467 e. The van der Waals surface area contributed by atoms with E-state index in [1.165, 1.54) is 11.0 Å². The standard InChI is InChI=1S/C26H28N2O4/c1-31-18-16-27(25(29)15-14-22-9-4-2-5-10-22)21-26(30)28(20-24-13-8-17-32-24)19-23-11-6-3-7-12-23/h2-15,17H,16,18-21H2,1H3/b15-14+. The number of ether oxygens (including phenoxy) is 1. The van der Waals surface area contributed by atoms with Crippen LogP contribution in [0, 0.1) is 0 Å². The maximum absolute atomic E-state index is 13.3. The quantitative estimate of drug-likeness (QED) is 0.430. The lowest BCUT2D eigenvalue weighted by atomic mass is 10.2. The van der Waals surface area contributed by atoms with Gasteiger partial charge in [-0.1, -0.05) is 60.7 Å². The molecule has 0 aliphatic heterocycles. The van der Waals surface area contributed by atoms with Gasteiger partial charge < -0.3 is 19.0 Å². The molecule has 2 amide bonds. The van der Waals surface area contributed by atoms with Crippen LogP contribution in [0.4, 0.5) is 0 Å². The fourth-order valence-corrected chi connectivity index (χ4v) is 3.20. The van der Waals surface area contributed by atoms with Crippen molar-refractivity contribution >= 4 is 17.9 Å². The van der Waals surface area contributed by atoms with E-state index in [4.69, 9.17) is 9.15 Å². The van der Waals surface area contributed by atoms with Crippen LogP contribution < -0.4 is 0 Å². The van der Waals surface area contributed by atoms with Gasteiger partial charge in [-0.3, -0.25) is 9.59 Å². The van der Waals surface area contributed by atoms with Crippen molar-refractivity contribution in [2.45, 2.75) is 13.1 Å². The van der Waals surface area contributed by atoms with Gasteiger partial charge in [0.25, 0.3) is 0 Å². The molecule has 0 spiro atoms. The first-order valence-electron chi connectivity index (χ1n) is 10.5. The molecule has 0 aliphatic rings. The minimum Gasteiger partial charge on any atom is -0.467 e. The van der Waals surface area contributed by atoms with Crippen LogP contribution in [0.3, 0.4) is 0 Å². The number of methoxy groups -OCH3 is 1. The molecular formula is C26H28N2O4. The molecule has 166 valence electrons. The molecule has 0 radical (unpaired) electrons. The second-order valence-electron chi connectivity index (χ2n) is 7.31. The van der Waals surface area contributed by atoms with E-state index < -0.39 is 0 Å². The molecule has 32 heavy (non-hydrogen) atoms. The van der Waals surface area contributed by atoms with Crippen molar-refractivity contribution in [3.05, 3.63) is 102 Å². The molecule has 0 atom stereocenters. The lowest BCUT2D eigenvalue weighted by Gasteiger charge is -2.26. The maximum Gasteiger partial charge on any atom is 0.247 e. The number of benzene rings is 2. The predicted octanol–water partition coefficient (Wildman–Crippen LogP) is 4.00. The molecule has 6 nitrogen and oxygen atoms in total. The molecule has 0 bridgehead atoms. The van der Waals surface area contributed by atoms with Gasteiger partial charge >= 0.3 is 0 Å². The van der Waals surface area contributed by atoms with E-state index in [0.717, 1.165) is 11.1 Å². The number of rotatable bonds is 11. The van der Waals surface area contributed by atoms with Crippen molar-refractivity contribution in [2.75, 3.05) is 26.8 Å². The predicted molar refractivity (Wildman–Crippen MR) is 123 cm³/mol. The molecule has 2 aromatic carbocycles. The summed E-state index contributed by atoms with van der Waals surface area (Å²) in [5, 5.41) is 0. The zero-order valence-electron chi connectivity index (χ0n) is 18.2. The van der Waals surface area contributed by atoms with Gasteiger partial charge in [-0.05, 0) is 29.3 Å². The van der Waals surface area contributed by atoms with Gasteiger partial charge in [0.05, 0.1) is 19.4 Å². The Morgan fingerprint density at radius 2 is 1.62 bits per heavy atom. The normalized spacial score (nSPS) is 10.9. The van der Waals surface area contributed by atoms with Gasteiger partial charge in [-0.2, -0.15) is 0 Å². The first kappa shape index (κ1) is 23.0. The van der Waals surface area contributed by atoms with Crippen molar-refractivity contribution in [2.24, 2.45) is 0 Å². The lowest BCUT2D eigenvalue weighted by molar-refractivity contribution is -0.139. The highest BCUT2D eigenvalue weighted by Crippen LogP contribution is 2.12. The molecule has 0 N–H and O–H groups in total. The molecule has 1 aromatic heterocycles. The molecule has 0 fully saturated rings. The number of hydrogen-bond donors (Lipinski definition) is 0. The number of carbonyl (C=O) groups is 2. The summed E-state index contributed by atoms with van der Waals surface area (Å²) >= 11 is 0. The average Bonchev–Trinajstić information content (AvgIpc) is 3.34. The Labute approximate surface area is 188 Å². The monoisotopic (exact) mass is 432 g/mol. The van der Waals surface area contributed by atoms with Crippen LogP contribution in [0.15, 0.2) is 89.6 Å². The summed E-state index contributed by atoms with van der Waals surface area (Å²) in [5.41, 5.74) is 1.92. The Balaban J connectivity index is 1.72. The molecule has 0 saturated heterocycles. The fourth-order valence-electron chi connectivity index (χ4n) is 3.20. The van der Waals surface area contributed by atoms with Gasteiger partial charge in [-0.15, -0.1) is 0 Å². The summed E-state index contributed by atoms with van der Waals surface area (Å²) in [6.45, 7) is 1.36. The van der Waals surface area contributed by atoms with Crippen LogP contribution in [0.1, 0.15) is 16.9 Å². The average molecular weight is 433 g/mol. The van der Waals surface area contributed by atoms with Crippen molar-refractivity contribution in [3.63, 3.8) is 0 Å². The Morgan fingerprint density at radius 1 is 0.906 bits per heavy atom. The SMILES string of the molecule is COCCN(CC(=O)N(Cc1ccccc1)Cc1ccco1)C(=O)/C=C/c1ccccc1. The van der Waals surface area contributed by atoms with Crippen LogP contribution in [0.25, 0.3) is 6.08 Å². The van der Waals surface area contributed by atoms with E-state index in [2.05, 4.69) is 0 Å². The summed E-state index contributed by atoms with van der Waals surface area (Å²) in [5.74, 6) is 0.285. The van der Waals surface area contributed by atoms with Crippen LogP contribution >= 0.6 is 0 Å². The molecular weight excluding hydrogens is 404 g/mol. The van der Waals surface area contributed by atoms with Crippen molar-refractivity contribution in [1.82, 2.24) is 9.80 Å². The zero-order valence-corrected chi connectivity index (χ0v) is 18.2. The molecule has 3 rings (SSSR count). The highest BCUT2D eigenvalue weighted by atomic mass is 16.5. The number of furan rings is 1. The Hall–Kier alpha value is -3.64. The van der Waals surface area contributed by atoms with Gasteiger partial charge in [0.15, 0.2) is 0 Å². The topological polar surface area (TPSA) is 63.0 Å². The molecule has 0 saturated carbocycles. The third-order valence-corrected chi connectivity index (χ3v) is 4.92. The first-order valence-corrected chi connectivity index (χ1v) is 10.5. The molecule has 0 unspecified atom stereocenters. The van der Waals surface area contributed by atoms with E-state index in [0.29, 0.717) is 32.0 Å². The number of hydrogen-bond acceptors (Lipinski definition) is 4. The van der Waals surface area contributed by atoms with Crippen LogP contribution in [-0.2, 0) is 27.4 Å². The van der Waals surface area contributed by atoms with E-state index in [9.17, 15) is 9.59 Å². The molecule has 3 aromatic rings. The third-order valence-electron chi connectivity index (χ3n) is 4.92. The number of carbonyl (C=O) groups excluding carboxylic acids is 2. The number of amides is 2. The summed E-state index contributed by atoms with van der Waals surface area (Å²) in [6, 6.07) is 23.0. The minimum atomic E-state index is -0.239. The van der Waals surface area contributed by atoms with E-state index in [1.807, 2.05) is 66.7 Å². The fraction of sp³-hybridized carbons (Fsp3) is 0.231. The van der Waals surface area contributed by atoms with Crippen molar-refractivity contribution in [3.8, 4) is 0 Å². The second-order valence-corrected chi connectivity index (χ2v) is 7.31. The molecule has 1 heterocycles. The van der Waals surface area contributed by atoms with Crippen LogP contribution in [-0.4, -0.2) is 48.4 Å². The summed E-state index contributed by atoms with van der Waals surface area (Å²) < 4.78 is 10.6. The summed E-state index contributed by atoms with van der Waals surface area (Å²) in [7, 11) is 1.57. The zero-order chi connectivity index (χ0) is 22.6. The lowest BCUT2D eigenvalue weighted by Crippen LogP contribution is -2.43. The Morgan fingerprint density at radius 3 is 2.28 bits per heavy atom. The van der Waals surface area contributed by atoms with Gasteiger partial charge in [0.1, 0.15) is 12.3 Å². The van der Waals surface area contributed by atoms with Crippen LogP contribution in [0.2, 0.25) is 0 Å². The van der Waals surface area contributed by atoms with Crippen LogP contribution in [0.5, 0.6) is 0 Å². The minimum absolute atomic E-state index is 0.0468. The summed E-state index contributed by atoms with van der Waals surface area (Å²) in [4.78, 5) is 29.3. The Bertz CT molecular complexity index is 985.